The highest BCUT2D eigenvalue weighted by Gasteiger charge is 2.66. The summed E-state index contributed by atoms with van der Waals surface area (Å²) >= 11 is 0. The highest BCUT2D eigenvalue weighted by molar-refractivity contribution is 5.69. The molecule has 3 saturated heterocycles. The first-order valence-corrected chi connectivity index (χ1v) is 13.7. The lowest BCUT2D eigenvalue weighted by molar-refractivity contribution is -0.205. The van der Waals surface area contributed by atoms with E-state index in [9.17, 15) is 15.0 Å². The van der Waals surface area contributed by atoms with Gasteiger partial charge >= 0.3 is 5.97 Å². The van der Waals surface area contributed by atoms with Crippen LogP contribution in [0.1, 0.15) is 91.9 Å². The molecule has 4 unspecified atom stereocenters. The first-order valence-electron chi connectivity index (χ1n) is 13.7. The molecular weight excluding hydrogens is 432 g/mol. The monoisotopic (exact) mass is 478 g/mol. The van der Waals surface area contributed by atoms with Crippen LogP contribution in [0.25, 0.3) is 0 Å². The number of carbonyl (C=O) groups is 1. The summed E-state index contributed by atoms with van der Waals surface area (Å²) in [6.07, 6.45) is 6.15. The Hall–Kier alpha value is -0.950. The molecule has 4 rings (SSSR count). The molecule has 4 fully saturated rings. The maximum atomic E-state index is 12.9. The molecule has 0 aromatic rings. The number of unbranched alkanes of at least 4 members (excludes halogenated alkanes) is 4. The first-order chi connectivity index (χ1) is 16.1. The lowest BCUT2D eigenvalue weighted by Gasteiger charge is -2.48. The van der Waals surface area contributed by atoms with E-state index in [4.69, 9.17) is 14.2 Å². The standard InChI is InChI=1S/C28H46O6/c1-6-7-8-9-10-11-23(30)34-22-15-20(29)17(2)14-21-25-24-19(12-13-27(25,4)31)18(3)16-32-28(22,5)26(24)33-21/h18-22,24-26,29,31H,2,6-16H2,1,3-5H3/t18?,19-,20?,21-,22+,24?,25?,26-,27-,28-/m0/s1. The fraction of sp³-hybridized carbons (Fsp3) is 0.893. The van der Waals surface area contributed by atoms with Gasteiger partial charge in [0, 0.05) is 18.8 Å². The van der Waals surface area contributed by atoms with Crippen molar-refractivity contribution < 1.29 is 29.2 Å². The number of hydrogen-bond acceptors (Lipinski definition) is 6. The average molecular weight is 479 g/mol. The second-order valence-electron chi connectivity index (χ2n) is 12.0. The second-order valence-corrected chi connectivity index (χ2v) is 12.0. The normalized spacial score (nSPS) is 46.2. The molecule has 0 spiro atoms. The molecule has 6 nitrogen and oxygen atoms in total. The van der Waals surface area contributed by atoms with Gasteiger partial charge in [0.15, 0.2) is 0 Å². The van der Waals surface area contributed by atoms with E-state index < -0.39 is 23.4 Å². The van der Waals surface area contributed by atoms with Crippen LogP contribution in [0.4, 0.5) is 0 Å². The summed E-state index contributed by atoms with van der Waals surface area (Å²) in [5, 5.41) is 22.5. The Balaban J connectivity index is 1.63. The molecule has 1 saturated carbocycles. The summed E-state index contributed by atoms with van der Waals surface area (Å²) in [7, 11) is 0. The average Bonchev–Trinajstić information content (AvgIpc) is 3.13. The molecule has 2 bridgehead atoms. The van der Waals surface area contributed by atoms with Gasteiger partial charge in [-0.25, -0.2) is 0 Å². The first kappa shape index (κ1) is 26.1. The lowest BCUT2D eigenvalue weighted by Crippen LogP contribution is -2.58. The summed E-state index contributed by atoms with van der Waals surface area (Å²) in [5.41, 5.74) is -1.06. The predicted octanol–water partition coefficient (Wildman–Crippen LogP) is 4.56. The summed E-state index contributed by atoms with van der Waals surface area (Å²) < 4.78 is 19.4. The molecule has 34 heavy (non-hydrogen) atoms. The van der Waals surface area contributed by atoms with Gasteiger partial charge in [-0.15, -0.1) is 0 Å². The van der Waals surface area contributed by atoms with Gasteiger partial charge in [0.1, 0.15) is 11.7 Å². The molecule has 2 N–H and O–H groups in total. The summed E-state index contributed by atoms with van der Waals surface area (Å²) in [6, 6.07) is 0. The molecule has 3 aliphatic heterocycles. The van der Waals surface area contributed by atoms with Crippen molar-refractivity contribution in [2.24, 2.45) is 23.7 Å². The topological polar surface area (TPSA) is 85.2 Å². The molecule has 1 aliphatic carbocycles. The zero-order chi connectivity index (χ0) is 24.7. The second kappa shape index (κ2) is 10.2. The van der Waals surface area contributed by atoms with Crippen LogP contribution in [0.2, 0.25) is 0 Å². The van der Waals surface area contributed by atoms with Gasteiger partial charge in [0.2, 0.25) is 0 Å². The van der Waals surface area contributed by atoms with Crippen LogP contribution < -0.4 is 0 Å². The molecule has 3 heterocycles. The minimum Gasteiger partial charge on any atom is -0.459 e. The Kier molecular flexibility index (Phi) is 7.83. The van der Waals surface area contributed by atoms with E-state index in [2.05, 4.69) is 20.4 Å². The molecule has 0 amide bonds. The van der Waals surface area contributed by atoms with Crippen LogP contribution >= 0.6 is 0 Å². The van der Waals surface area contributed by atoms with Crippen molar-refractivity contribution in [2.75, 3.05) is 6.61 Å². The highest BCUT2D eigenvalue weighted by Crippen LogP contribution is 2.58. The largest absolute Gasteiger partial charge is 0.459 e. The number of fused-ring (bicyclic) bond motifs is 2. The fourth-order valence-electron chi connectivity index (χ4n) is 7.33. The van der Waals surface area contributed by atoms with Gasteiger partial charge in [-0.05, 0) is 62.9 Å². The van der Waals surface area contributed by atoms with Crippen molar-refractivity contribution in [3.63, 3.8) is 0 Å². The third-order valence-corrected chi connectivity index (χ3v) is 9.41. The van der Waals surface area contributed by atoms with Crippen LogP contribution in [-0.2, 0) is 19.0 Å². The van der Waals surface area contributed by atoms with Crippen LogP contribution in [0, 0.1) is 23.7 Å². The molecule has 4 aliphatic rings. The Bertz CT molecular complexity index is 749. The fourth-order valence-corrected chi connectivity index (χ4v) is 7.33. The van der Waals surface area contributed by atoms with Gasteiger partial charge in [0.05, 0.1) is 30.5 Å². The molecule has 194 valence electrons. The third kappa shape index (κ3) is 4.85. The van der Waals surface area contributed by atoms with Crippen molar-refractivity contribution in [2.45, 2.75) is 128 Å². The Morgan fingerprint density at radius 1 is 1.24 bits per heavy atom. The van der Waals surface area contributed by atoms with E-state index in [0.29, 0.717) is 36.9 Å². The zero-order valence-corrected chi connectivity index (χ0v) is 21.6. The SMILES string of the molecule is C=C1C[C@@H]2O[C@H]3C4C2[C@@](C)(O)CC[C@H]4C(C)CO[C@@]3(C)[C@H](OC(=O)CCCCCCC)CC1O. The molecule has 0 aromatic carbocycles. The Labute approximate surface area is 205 Å². The smallest absolute Gasteiger partial charge is 0.306 e. The summed E-state index contributed by atoms with van der Waals surface area (Å²) in [4.78, 5) is 12.9. The number of esters is 1. The molecule has 0 aromatic heterocycles. The Morgan fingerprint density at radius 2 is 1.97 bits per heavy atom. The van der Waals surface area contributed by atoms with Crippen LogP contribution in [-0.4, -0.2) is 58.4 Å². The number of ether oxygens (including phenoxy) is 3. The number of hydrogen-bond donors (Lipinski definition) is 2. The number of aliphatic hydroxyl groups is 2. The van der Waals surface area contributed by atoms with Crippen molar-refractivity contribution in [1.29, 1.82) is 0 Å². The third-order valence-electron chi connectivity index (χ3n) is 9.41. The van der Waals surface area contributed by atoms with Crippen molar-refractivity contribution in [1.82, 2.24) is 0 Å². The minimum atomic E-state index is -0.891. The molecule has 10 atom stereocenters. The van der Waals surface area contributed by atoms with Gasteiger partial charge in [-0.2, -0.15) is 0 Å². The summed E-state index contributed by atoms with van der Waals surface area (Å²) in [5.74, 6) is 0.527. The van der Waals surface area contributed by atoms with E-state index >= 15 is 0 Å². The van der Waals surface area contributed by atoms with E-state index in [1.54, 1.807) is 0 Å². The maximum Gasteiger partial charge on any atom is 0.306 e. The number of aliphatic hydroxyl groups excluding tert-OH is 1. The van der Waals surface area contributed by atoms with Crippen molar-refractivity contribution in [3.05, 3.63) is 12.2 Å². The van der Waals surface area contributed by atoms with Crippen LogP contribution in [0.15, 0.2) is 12.2 Å². The minimum absolute atomic E-state index is 0.0586. The molecule has 6 heteroatoms. The van der Waals surface area contributed by atoms with Gasteiger partial charge in [-0.1, -0.05) is 46.1 Å². The van der Waals surface area contributed by atoms with E-state index in [1.807, 2.05) is 13.8 Å². The number of rotatable bonds is 7. The van der Waals surface area contributed by atoms with Gasteiger partial charge < -0.3 is 24.4 Å². The van der Waals surface area contributed by atoms with E-state index in [1.165, 1.54) is 12.8 Å². The van der Waals surface area contributed by atoms with Gasteiger partial charge in [0.25, 0.3) is 0 Å². The lowest BCUT2D eigenvalue weighted by atomic mass is 9.58. The zero-order valence-electron chi connectivity index (χ0n) is 21.6. The molecule has 0 radical (unpaired) electrons. The van der Waals surface area contributed by atoms with Crippen LogP contribution in [0.5, 0.6) is 0 Å². The van der Waals surface area contributed by atoms with E-state index in [-0.39, 0.29) is 36.4 Å². The predicted molar refractivity (Wildman–Crippen MR) is 130 cm³/mol. The van der Waals surface area contributed by atoms with E-state index in [0.717, 1.165) is 32.1 Å². The van der Waals surface area contributed by atoms with Crippen molar-refractivity contribution >= 4 is 5.97 Å². The summed E-state index contributed by atoms with van der Waals surface area (Å²) in [6.45, 7) is 13.0. The quantitative estimate of drug-likeness (QED) is 0.317. The Morgan fingerprint density at radius 3 is 2.71 bits per heavy atom. The maximum absolute atomic E-state index is 12.9. The van der Waals surface area contributed by atoms with Crippen molar-refractivity contribution in [3.8, 4) is 0 Å². The highest BCUT2D eigenvalue weighted by atomic mass is 16.6. The van der Waals surface area contributed by atoms with Crippen LogP contribution in [0.3, 0.4) is 0 Å². The number of carbonyl (C=O) groups excluding carboxylic acids is 1. The molecular formula is C28H46O6. The van der Waals surface area contributed by atoms with Gasteiger partial charge in [-0.3, -0.25) is 4.79 Å².